The van der Waals surface area contributed by atoms with Crippen molar-refractivity contribution in [1.29, 1.82) is 0 Å². The topological polar surface area (TPSA) is 121 Å². The third-order valence-corrected chi connectivity index (χ3v) is 7.18. The third kappa shape index (κ3) is 7.86. The van der Waals surface area contributed by atoms with E-state index >= 15 is 0 Å². The fourth-order valence-corrected chi connectivity index (χ4v) is 4.89. The van der Waals surface area contributed by atoms with Crippen LogP contribution in [0, 0.1) is 0 Å². The average molecular weight is 460 g/mol. The molecule has 1 aromatic heterocycles. The van der Waals surface area contributed by atoms with Gasteiger partial charge in [0, 0.05) is 23.7 Å². The lowest BCUT2D eigenvalue weighted by Crippen LogP contribution is -2.24. The van der Waals surface area contributed by atoms with Gasteiger partial charge < -0.3 is 5.32 Å². The van der Waals surface area contributed by atoms with Gasteiger partial charge >= 0.3 is 0 Å². The Hall–Kier alpha value is -1.79. The zero-order chi connectivity index (χ0) is 21.5. The van der Waals surface area contributed by atoms with E-state index < -0.39 is 20.0 Å². The van der Waals surface area contributed by atoms with E-state index in [0.29, 0.717) is 23.5 Å². The molecular formula is C18H25N3O5S3. The van der Waals surface area contributed by atoms with Gasteiger partial charge in [-0.3, -0.25) is 4.79 Å². The summed E-state index contributed by atoms with van der Waals surface area (Å²) < 4.78 is 51.8. The lowest BCUT2D eigenvalue weighted by Gasteiger charge is -2.09. The maximum atomic E-state index is 12.5. The van der Waals surface area contributed by atoms with E-state index in [9.17, 15) is 21.6 Å². The number of hydrogen-bond acceptors (Lipinski definition) is 6. The standard InChI is InChI=1S/C18H25N3O5S3/c1-3-4-11-20-29(25,26)16-7-5-6-14(13-16)21-18(22)17-9-8-15(27-17)10-12-19-28(2,23)24/h5-9,13,19-20H,3-4,10-12H2,1-2H3,(H,21,22). The van der Waals surface area contributed by atoms with Crippen LogP contribution in [0.2, 0.25) is 0 Å². The van der Waals surface area contributed by atoms with Gasteiger partial charge in [0.05, 0.1) is 16.0 Å². The largest absolute Gasteiger partial charge is 0.321 e. The number of unbranched alkanes of at least 4 members (excludes halogenated alkanes) is 1. The molecule has 0 radical (unpaired) electrons. The van der Waals surface area contributed by atoms with Crippen LogP contribution in [0.15, 0.2) is 41.3 Å². The molecule has 0 spiro atoms. The Kier molecular flexibility index (Phi) is 8.34. The third-order valence-electron chi connectivity index (χ3n) is 3.85. The number of hydrogen-bond donors (Lipinski definition) is 3. The highest BCUT2D eigenvalue weighted by Crippen LogP contribution is 2.20. The molecule has 29 heavy (non-hydrogen) atoms. The van der Waals surface area contributed by atoms with Crippen LogP contribution in [0.3, 0.4) is 0 Å². The Bertz CT molecular complexity index is 1050. The highest BCUT2D eigenvalue weighted by molar-refractivity contribution is 7.89. The van der Waals surface area contributed by atoms with Crippen LogP contribution in [-0.2, 0) is 26.5 Å². The maximum absolute atomic E-state index is 12.5. The molecule has 0 atom stereocenters. The van der Waals surface area contributed by atoms with Gasteiger partial charge in [0.2, 0.25) is 20.0 Å². The minimum absolute atomic E-state index is 0.0881. The van der Waals surface area contributed by atoms with Crippen molar-refractivity contribution in [1.82, 2.24) is 9.44 Å². The first kappa shape index (κ1) is 23.5. The minimum Gasteiger partial charge on any atom is -0.321 e. The second kappa shape index (κ2) is 10.3. The Balaban J connectivity index is 2.01. The molecule has 0 aliphatic heterocycles. The molecular weight excluding hydrogens is 434 g/mol. The highest BCUT2D eigenvalue weighted by atomic mass is 32.2. The summed E-state index contributed by atoms with van der Waals surface area (Å²) in [5.41, 5.74) is 0.377. The van der Waals surface area contributed by atoms with Gasteiger partial charge in [-0.05, 0) is 43.2 Å². The summed E-state index contributed by atoms with van der Waals surface area (Å²) in [4.78, 5) is 13.9. The SMILES string of the molecule is CCCCNS(=O)(=O)c1cccc(NC(=O)c2ccc(CCNS(C)(=O)=O)s2)c1. The van der Waals surface area contributed by atoms with Crippen LogP contribution in [0.4, 0.5) is 5.69 Å². The number of carbonyl (C=O) groups excluding carboxylic acids is 1. The number of rotatable bonds is 11. The summed E-state index contributed by atoms with van der Waals surface area (Å²) >= 11 is 1.26. The molecule has 11 heteroatoms. The van der Waals surface area contributed by atoms with Crippen LogP contribution < -0.4 is 14.8 Å². The van der Waals surface area contributed by atoms with Crippen molar-refractivity contribution in [3.8, 4) is 0 Å². The number of carbonyl (C=O) groups is 1. The van der Waals surface area contributed by atoms with Crippen molar-refractivity contribution in [3.05, 3.63) is 46.2 Å². The van der Waals surface area contributed by atoms with Crippen LogP contribution in [0.1, 0.15) is 34.3 Å². The van der Waals surface area contributed by atoms with E-state index in [1.807, 2.05) is 6.92 Å². The Morgan fingerprint density at radius 3 is 2.48 bits per heavy atom. The molecule has 1 heterocycles. The molecule has 0 unspecified atom stereocenters. The van der Waals surface area contributed by atoms with Crippen LogP contribution in [0.5, 0.6) is 0 Å². The van der Waals surface area contributed by atoms with Crippen LogP contribution in [0.25, 0.3) is 0 Å². The molecule has 0 fully saturated rings. The summed E-state index contributed by atoms with van der Waals surface area (Å²) in [6, 6.07) is 9.50. The van der Waals surface area contributed by atoms with Crippen molar-refractivity contribution >= 4 is 43.0 Å². The van der Waals surface area contributed by atoms with Gasteiger partial charge in [-0.1, -0.05) is 19.4 Å². The monoisotopic (exact) mass is 459 g/mol. The molecule has 8 nitrogen and oxygen atoms in total. The molecule has 0 bridgehead atoms. The summed E-state index contributed by atoms with van der Waals surface area (Å²) in [7, 11) is -6.88. The van der Waals surface area contributed by atoms with Gasteiger partial charge in [-0.15, -0.1) is 11.3 Å². The van der Waals surface area contributed by atoms with Gasteiger partial charge in [0.15, 0.2) is 0 Å². The summed E-state index contributed by atoms with van der Waals surface area (Å²) in [5, 5.41) is 2.70. The number of sulfonamides is 2. The number of anilines is 1. The molecule has 160 valence electrons. The van der Waals surface area contributed by atoms with Crippen molar-refractivity contribution < 1.29 is 21.6 Å². The molecule has 0 aliphatic rings. The Morgan fingerprint density at radius 1 is 1.03 bits per heavy atom. The quantitative estimate of drug-likeness (QED) is 0.445. The first-order chi connectivity index (χ1) is 13.6. The van der Waals surface area contributed by atoms with Gasteiger partial charge in [-0.25, -0.2) is 26.3 Å². The second-order valence-electron chi connectivity index (χ2n) is 6.42. The molecule has 1 aromatic carbocycles. The molecule has 3 N–H and O–H groups in total. The maximum Gasteiger partial charge on any atom is 0.265 e. The molecule has 2 rings (SSSR count). The first-order valence-corrected chi connectivity index (χ1v) is 13.2. The molecule has 1 amide bonds. The summed E-state index contributed by atoms with van der Waals surface area (Å²) in [5.74, 6) is -0.356. The van der Waals surface area contributed by atoms with Crippen LogP contribution >= 0.6 is 11.3 Å². The number of thiophene rings is 1. The molecule has 0 saturated carbocycles. The fraction of sp³-hybridized carbons (Fsp3) is 0.389. The van der Waals surface area contributed by atoms with Crippen molar-refractivity contribution in [2.24, 2.45) is 0 Å². The number of nitrogens with one attached hydrogen (secondary N) is 3. The van der Waals surface area contributed by atoms with E-state index in [1.165, 1.54) is 23.5 Å². The number of benzene rings is 1. The zero-order valence-electron chi connectivity index (χ0n) is 16.3. The highest BCUT2D eigenvalue weighted by Gasteiger charge is 2.15. The summed E-state index contributed by atoms with van der Waals surface area (Å²) in [6.45, 7) is 2.59. The Labute approximate surface area is 175 Å². The van der Waals surface area contributed by atoms with E-state index in [-0.39, 0.29) is 17.3 Å². The average Bonchev–Trinajstić information content (AvgIpc) is 3.10. The van der Waals surface area contributed by atoms with Crippen LogP contribution in [-0.4, -0.2) is 42.1 Å². The summed E-state index contributed by atoms with van der Waals surface area (Å²) in [6.07, 6.45) is 3.19. The lowest BCUT2D eigenvalue weighted by molar-refractivity contribution is 0.103. The molecule has 2 aromatic rings. The normalized spacial score (nSPS) is 12.1. The van der Waals surface area contributed by atoms with Gasteiger partial charge in [-0.2, -0.15) is 0 Å². The first-order valence-electron chi connectivity index (χ1n) is 9.05. The molecule has 0 aliphatic carbocycles. The zero-order valence-corrected chi connectivity index (χ0v) is 18.7. The lowest BCUT2D eigenvalue weighted by atomic mass is 10.3. The van der Waals surface area contributed by atoms with Crippen molar-refractivity contribution in [3.63, 3.8) is 0 Å². The fourth-order valence-electron chi connectivity index (χ4n) is 2.39. The molecule has 0 saturated heterocycles. The predicted molar refractivity (Wildman–Crippen MR) is 115 cm³/mol. The van der Waals surface area contributed by atoms with E-state index in [1.54, 1.807) is 24.3 Å². The van der Waals surface area contributed by atoms with Gasteiger partial charge in [0.25, 0.3) is 5.91 Å². The van der Waals surface area contributed by atoms with E-state index in [4.69, 9.17) is 0 Å². The smallest absolute Gasteiger partial charge is 0.265 e. The Morgan fingerprint density at radius 2 is 1.79 bits per heavy atom. The van der Waals surface area contributed by atoms with Crippen molar-refractivity contribution in [2.75, 3.05) is 24.7 Å². The van der Waals surface area contributed by atoms with E-state index in [0.717, 1.165) is 24.0 Å². The predicted octanol–water partition coefficient (Wildman–Crippen LogP) is 2.17. The number of amides is 1. The second-order valence-corrected chi connectivity index (χ2v) is 11.2. The van der Waals surface area contributed by atoms with E-state index in [2.05, 4.69) is 14.8 Å². The minimum atomic E-state index is -3.63. The van der Waals surface area contributed by atoms with Crippen molar-refractivity contribution in [2.45, 2.75) is 31.1 Å². The van der Waals surface area contributed by atoms with Gasteiger partial charge in [0.1, 0.15) is 0 Å².